The summed E-state index contributed by atoms with van der Waals surface area (Å²) < 4.78 is 5.68. The molecule has 24 heavy (non-hydrogen) atoms. The quantitative estimate of drug-likeness (QED) is 0.804. The first-order valence-corrected chi connectivity index (χ1v) is 8.97. The summed E-state index contributed by atoms with van der Waals surface area (Å²) in [6.07, 6.45) is 2.15. The zero-order valence-corrected chi connectivity index (χ0v) is 14.5. The molecule has 0 N–H and O–H groups in total. The van der Waals surface area contributed by atoms with Gasteiger partial charge in [0.1, 0.15) is 5.01 Å². The van der Waals surface area contributed by atoms with Gasteiger partial charge in [0, 0.05) is 35.7 Å². The van der Waals surface area contributed by atoms with Crippen LogP contribution in [-0.2, 0) is 16.1 Å². The number of carbonyl (C=O) groups excluding carboxylic acids is 1. The van der Waals surface area contributed by atoms with E-state index in [0.29, 0.717) is 13.1 Å². The predicted octanol–water partition coefficient (Wildman–Crippen LogP) is 3.01. The van der Waals surface area contributed by atoms with E-state index in [1.807, 2.05) is 42.6 Å². The number of ether oxygens (including phenoxy) is 1. The van der Waals surface area contributed by atoms with E-state index in [1.165, 1.54) is 0 Å². The summed E-state index contributed by atoms with van der Waals surface area (Å²) in [5, 5.41) is 2.93. The minimum atomic E-state index is -0.179. The Hall–Kier alpha value is -2.16. The van der Waals surface area contributed by atoms with Gasteiger partial charge >= 0.3 is 0 Å². The van der Waals surface area contributed by atoms with Crippen LogP contribution < -0.4 is 0 Å². The van der Waals surface area contributed by atoms with Crippen molar-refractivity contribution in [2.24, 2.45) is 0 Å². The smallest absolute Gasteiger partial charge is 0.299 e. The monoisotopic (exact) mass is 340 g/mol. The zero-order valence-electron chi connectivity index (χ0n) is 13.7. The fourth-order valence-corrected chi connectivity index (χ4v) is 3.40. The second kappa shape index (κ2) is 8.09. The van der Waals surface area contributed by atoms with Gasteiger partial charge in [-0.1, -0.05) is 24.1 Å². The molecule has 0 spiro atoms. The molecule has 2 heterocycles. The lowest BCUT2D eigenvalue weighted by Crippen LogP contribution is -2.36. The van der Waals surface area contributed by atoms with Crippen molar-refractivity contribution in [1.29, 1.82) is 0 Å². The van der Waals surface area contributed by atoms with Crippen molar-refractivity contribution in [3.8, 4) is 11.8 Å². The molecular formula is C19H20N2O2S. The summed E-state index contributed by atoms with van der Waals surface area (Å²) in [6, 6.07) is 9.55. The highest BCUT2D eigenvalue weighted by atomic mass is 32.1. The summed E-state index contributed by atoms with van der Waals surface area (Å²) in [7, 11) is 0. The van der Waals surface area contributed by atoms with Crippen LogP contribution in [0.2, 0.25) is 0 Å². The molecule has 1 atom stereocenters. The SMILES string of the molecule is Cc1csc(CN(C[C@H]2CCCO2)C(=O)C#Cc2ccccc2)n1. The lowest BCUT2D eigenvalue weighted by Gasteiger charge is -2.22. The Morgan fingerprint density at radius 3 is 2.92 bits per heavy atom. The number of carbonyl (C=O) groups is 1. The molecule has 3 rings (SSSR count). The number of aromatic nitrogens is 1. The Kier molecular flexibility index (Phi) is 5.63. The maximum atomic E-state index is 12.6. The van der Waals surface area contributed by atoms with E-state index >= 15 is 0 Å². The molecule has 1 saturated heterocycles. The summed E-state index contributed by atoms with van der Waals surface area (Å²) in [6.45, 7) is 3.79. The summed E-state index contributed by atoms with van der Waals surface area (Å²) in [5.74, 6) is 5.52. The van der Waals surface area contributed by atoms with Gasteiger partial charge in [0.2, 0.25) is 0 Å². The van der Waals surface area contributed by atoms with Crippen molar-refractivity contribution < 1.29 is 9.53 Å². The summed E-state index contributed by atoms with van der Waals surface area (Å²) in [5.41, 5.74) is 1.82. The highest BCUT2D eigenvalue weighted by molar-refractivity contribution is 7.09. The van der Waals surface area contributed by atoms with Gasteiger partial charge in [-0.15, -0.1) is 11.3 Å². The predicted molar refractivity (Wildman–Crippen MR) is 94.6 cm³/mol. The van der Waals surface area contributed by atoms with Gasteiger partial charge < -0.3 is 9.64 Å². The average Bonchev–Trinajstić information content (AvgIpc) is 3.25. The molecule has 0 unspecified atom stereocenters. The minimum absolute atomic E-state index is 0.105. The Bertz CT molecular complexity index is 739. The fraction of sp³-hybridized carbons (Fsp3) is 0.368. The largest absolute Gasteiger partial charge is 0.376 e. The number of hydrogen-bond donors (Lipinski definition) is 0. The van der Waals surface area contributed by atoms with Gasteiger partial charge in [-0.25, -0.2) is 4.98 Å². The first kappa shape index (κ1) is 16.7. The maximum Gasteiger partial charge on any atom is 0.299 e. The van der Waals surface area contributed by atoms with Crippen molar-refractivity contribution in [2.75, 3.05) is 13.2 Å². The van der Waals surface area contributed by atoms with E-state index in [1.54, 1.807) is 16.2 Å². The van der Waals surface area contributed by atoms with Crippen LogP contribution in [0.4, 0.5) is 0 Å². The van der Waals surface area contributed by atoms with Crippen molar-refractivity contribution in [3.05, 3.63) is 52.0 Å². The molecule has 0 radical (unpaired) electrons. The number of rotatable bonds is 4. The molecule has 1 amide bonds. The van der Waals surface area contributed by atoms with Crippen molar-refractivity contribution in [3.63, 3.8) is 0 Å². The molecule has 124 valence electrons. The third kappa shape index (κ3) is 4.67. The Balaban J connectivity index is 1.72. The summed E-state index contributed by atoms with van der Waals surface area (Å²) >= 11 is 1.57. The Morgan fingerprint density at radius 2 is 2.25 bits per heavy atom. The Labute approximate surface area is 146 Å². The van der Waals surface area contributed by atoms with Crippen LogP contribution in [-0.4, -0.2) is 35.0 Å². The first-order chi connectivity index (χ1) is 11.7. The van der Waals surface area contributed by atoms with Crippen LogP contribution in [0.1, 0.15) is 29.1 Å². The van der Waals surface area contributed by atoms with Crippen LogP contribution in [0.15, 0.2) is 35.7 Å². The van der Waals surface area contributed by atoms with Crippen LogP contribution in [0, 0.1) is 18.8 Å². The van der Waals surface area contributed by atoms with Gasteiger partial charge in [0.15, 0.2) is 0 Å². The third-order valence-electron chi connectivity index (χ3n) is 3.82. The number of benzene rings is 1. The van der Waals surface area contributed by atoms with Gasteiger partial charge in [-0.3, -0.25) is 4.79 Å². The number of amides is 1. The third-order valence-corrected chi connectivity index (χ3v) is 4.77. The second-order valence-electron chi connectivity index (χ2n) is 5.82. The van der Waals surface area contributed by atoms with E-state index in [-0.39, 0.29) is 12.0 Å². The Morgan fingerprint density at radius 1 is 1.42 bits per heavy atom. The second-order valence-corrected chi connectivity index (χ2v) is 6.76. The molecule has 1 aliphatic heterocycles. The van der Waals surface area contributed by atoms with Crippen molar-refractivity contribution in [2.45, 2.75) is 32.4 Å². The van der Waals surface area contributed by atoms with Crippen molar-refractivity contribution >= 4 is 17.2 Å². The molecule has 1 fully saturated rings. The number of aryl methyl sites for hydroxylation is 1. The average molecular weight is 340 g/mol. The van der Waals surface area contributed by atoms with Crippen molar-refractivity contribution in [1.82, 2.24) is 9.88 Å². The van der Waals surface area contributed by atoms with E-state index < -0.39 is 0 Å². The molecule has 1 aliphatic rings. The standard InChI is InChI=1S/C19H20N2O2S/c1-15-14-24-18(20-15)13-21(12-17-8-5-11-23-17)19(22)10-9-16-6-3-2-4-7-16/h2-4,6-7,14,17H,5,8,11-13H2,1H3/t17-/m1/s1. The van der Waals surface area contributed by atoms with Gasteiger partial charge in [-0.05, 0) is 31.9 Å². The molecule has 5 heteroatoms. The lowest BCUT2D eigenvalue weighted by molar-refractivity contribution is -0.127. The van der Waals surface area contributed by atoms with E-state index in [2.05, 4.69) is 16.8 Å². The minimum Gasteiger partial charge on any atom is -0.376 e. The summed E-state index contributed by atoms with van der Waals surface area (Å²) in [4.78, 5) is 18.8. The fourth-order valence-electron chi connectivity index (χ4n) is 2.62. The van der Waals surface area contributed by atoms with Gasteiger partial charge in [-0.2, -0.15) is 0 Å². The molecule has 1 aromatic carbocycles. The zero-order chi connectivity index (χ0) is 16.8. The molecule has 2 aromatic rings. The maximum absolute atomic E-state index is 12.6. The molecular weight excluding hydrogens is 320 g/mol. The molecule has 4 nitrogen and oxygen atoms in total. The molecule has 0 bridgehead atoms. The highest BCUT2D eigenvalue weighted by Crippen LogP contribution is 2.17. The van der Waals surface area contributed by atoms with Crippen LogP contribution in [0.5, 0.6) is 0 Å². The van der Waals surface area contributed by atoms with Gasteiger partial charge in [0.25, 0.3) is 5.91 Å². The first-order valence-electron chi connectivity index (χ1n) is 8.09. The van der Waals surface area contributed by atoms with Crippen LogP contribution in [0.25, 0.3) is 0 Å². The van der Waals surface area contributed by atoms with E-state index in [0.717, 1.165) is 35.7 Å². The highest BCUT2D eigenvalue weighted by Gasteiger charge is 2.22. The van der Waals surface area contributed by atoms with E-state index in [4.69, 9.17) is 4.74 Å². The molecule has 0 aliphatic carbocycles. The van der Waals surface area contributed by atoms with Crippen LogP contribution >= 0.6 is 11.3 Å². The normalized spacial score (nSPS) is 16.5. The van der Waals surface area contributed by atoms with E-state index in [9.17, 15) is 4.79 Å². The number of hydrogen-bond acceptors (Lipinski definition) is 4. The molecule has 0 saturated carbocycles. The lowest BCUT2D eigenvalue weighted by atomic mass is 10.2. The number of nitrogens with zero attached hydrogens (tertiary/aromatic N) is 2. The van der Waals surface area contributed by atoms with Gasteiger partial charge in [0.05, 0.1) is 12.6 Å². The van der Waals surface area contributed by atoms with Crippen LogP contribution in [0.3, 0.4) is 0 Å². The number of thiazole rings is 1. The topological polar surface area (TPSA) is 42.4 Å². The molecule has 1 aromatic heterocycles.